The number of amidine groups is 2. The predicted molar refractivity (Wildman–Crippen MR) is 240 cm³/mol. The van der Waals surface area contributed by atoms with Crippen molar-refractivity contribution in [3.05, 3.63) is 229 Å². The van der Waals surface area contributed by atoms with E-state index < -0.39 is 0 Å². The summed E-state index contributed by atoms with van der Waals surface area (Å²) in [5, 5.41) is 4.77. The molecule has 9 aromatic rings. The molecular formula is C53H37N5. The van der Waals surface area contributed by atoms with Crippen LogP contribution in [0.5, 0.6) is 0 Å². The van der Waals surface area contributed by atoms with Crippen molar-refractivity contribution in [3.63, 3.8) is 0 Å². The summed E-state index contributed by atoms with van der Waals surface area (Å²) in [6.07, 6.45) is -0.268. The Morgan fingerprint density at radius 2 is 1.02 bits per heavy atom. The molecule has 0 radical (unpaired) electrons. The molecule has 0 aliphatic carbocycles. The molecule has 5 heteroatoms. The van der Waals surface area contributed by atoms with Crippen LogP contribution in [0.25, 0.3) is 50.1 Å². The second kappa shape index (κ2) is 14.1. The van der Waals surface area contributed by atoms with E-state index in [9.17, 15) is 0 Å². The number of anilines is 3. The van der Waals surface area contributed by atoms with Gasteiger partial charge in [-0.1, -0.05) is 158 Å². The van der Waals surface area contributed by atoms with Crippen LogP contribution in [-0.2, 0) is 0 Å². The second-order valence-corrected chi connectivity index (χ2v) is 14.6. The van der Waals surface area contributed by atoms with Crippen LogP contribution in [0.1, 0.15) is 22.9 Å². The molecule has 5 nitrogen and oxygen atoms in total. The fourth-order valence-corrected chi connectivity index (χ4v) is 8.54. The lowest BCUT2D eigenvalue weighted by atomic mass is 9.95. The van der Waals surface area contributed by atoms with Gasteiger partial charge in [0.15, 0.2) is 5.84 Å². The zero-order chi connectivity index (χ0) is 38.4. The first kappa shape index (κ1) is 33.6. The third-order valence-electron chi connectivity index (χ3n) is 11.2. The molecule has 0 saturated heterocycles. The van der Waals surface area contributed by atoms with Gasteiger partial charge in [0.25, 0.3) is 0 Å². The first-order valence-corrected chi connectivity index (χ1v) is 19.7. The maximum Gasteiger partial charge on any atom is 0.159 e. The molecule has 11 rings (SSSR count). The van der Waals surface area contributed by atoms with Crippen molar-refractivity contribution in [2.24, 2.45) is 9.98 Å². The first-order valence-electron chi connectivity index (χ1n) is 19.7. The summed E-state index contributed by atoms with van der Waals surface area (Å²) in [6, 6.07) is 75.3. The minimum absolute atomic E-state index is 0.268. The Morgan fingerprint density at radius 3 is 1.76 bits per heavy atom. The molecule has 2 aliphatic rings. The van der Waals surface area contributed by atoms with Crippen LogP contribution in [-0.4, -0.2) is 16.2 Å². The van der Waals surface area contributed by atoms with E-state index in [2.05, 4.69) is 203 Å². The van der Waals surface area contributed by atoms with E-state index in [0.29, 0.717) is 5.84 Å². The van der Waals surface area contributed by atoms with Crippen LogP contribution in [0.3, 0.4) is 0 Å². The van der Waals surface area contributed by atoms with Gasteiger partial charge in [-0.25, -0.2) is 9.98 Å². The molecule has 3 heterocycles. The molecule has 0 amide bonds. The lowest BCUT2D eigenvalue weighted by Crippen LogP contribution is -2.33. The van der Waals surface area contributed by atoms with Crippen molar-refractivity contribution >= 4 is 39.6 Å². The standard InChI is InChI=1S/C53H37N5/c1-5-18-36(19-6-1)51-54-52(37-20-7-2-8-21-37)56-53(55-51)40-23-17-22-38(34-40)39-32-33-48-45(35-39)49-43-28-13-15-30-46(43)57(41-24-9-3-10-25-41)47-31-16-14-29-44(47)50(49)58(48)42-26-11-4-12-27-42/h1-35,51H,(H,54,55,56). The molecule has 1 aromatic heterocycles. The van der Waals surface area contributed by atoms with Gasteiger partial charge in [0, 0.05) is 44.6 Å². The van der Waals surface area contributed by atoms with E-state index in [1.165, 1.54) is 27.8 Å². The first-order chi connectivity index (χ1) is 28.8. The highest BCUT2D eigenvalue weighted by Gasteiger charge is 2.31. The molecule has 0 fully saturated rings. The Labute approximate surface area is 337 Å². The number of aromatic nitrogens is 1. The summed E-state index contributed by atoms with van der Waals surface area (Å²) in [5.41, 5.74) is 15.7. The third kappa shape index (κ3) is 5.72. The summed E-state index contributed by atoms with van der Waals surface area (Å²) in [6.45, 7) is 0. The normalized spacial score (nSPS) is 14.3. The van der Waals surface area contributed by atoms with E-state index in [-0.39, 0.29) is 6.17 Å². The van der Waals surface area contributed by atoms with Gasteiger partial charge < -0.3 is 14.8 Å². The molecule has 0 saturated carbocycles. The van der Waals surface area contributed by atoms with Gasteiger partial charge in [-0.05, 0) is 71.3 Å². The molecule has 1 atom stereocenters. The molecule has 2 aliphatic heterocycles. The maximum absolute atomic E-state index is 5.18. The van der Waals surface area contributed by atoms with Crippen molar-refractivity contribution in [1.29, 1.82) is 0 Å². The zero-order valence-corrected chi connectivity index (χ0v) is 31.6. The number of nitrogens with zero attached hydrogens (tertiary/aromatic N) is 4. The number of rotatable bonds is 6. The topological polar surface area (TPSA) is 44.9 Å². The van der Waals surface area contributed by atoms with Crippen molar-refractivity contribution in [2.45, 2.75) is 6.17 Å². The van der Waals surface area contributed by atoms with Gasteiger partial charge in [0.2, 0.25) is 0 Å². The van der Waals surface area contributed by atoms with Gasteiger partial charge in [-0.3, -0.25) is 0 Å². The van der Waals surface area contributed by atoms with Crippen LogP contribution in [0.4, 0.5) is 17.1 Å². The maximum atomic E-state index is 5.18. The van der Waals surface area contributed by atoms with E-state index in [1.54, 1.807) is 0 Å². The number of hydrogen-bond acceptors (Lipinski definition) is 4. The molecular weight excluding hydrogens is 707 g/mol. The minimum Gasteiger partial charge on any atom is -0.344 e. The Kier molecular flexibility index (Phi) is 8.14. The average molecular weight is 744 g/mol. The van der Waals surface area contributed by atoms with Crippen molar-refractivity contribution in [2.75, 3.05) is 4.90 Å². The minimum atomic E-state index is -0.268. The van der Waals surface area contributed by atoms with E-state index >= 15 is 0 Å². The highest BCUT2D eigenvalue weighted by molar-refractivity contribution is 6.15. The molecule has 1 unspecified atom stereocenters. The number of nitrogens with one attached hydrogen (secondary N) is 1. The largest absolute Gasteiger partial charge is 0.344 e. The van der Waals surface area contributed by atoms with Crippen LogP contribution in [0.15, 0.2) is 222 Å². The molecule has 274 valence electrons. The molecule has 1 N–H and O–H groups in total. The SMILES string of the molecule is c1ccc(C2=NC(c3cccc(-c4ccc5c(c4)c4c(n5-c5ccccc5)-c5ccccc5N(c5ccccc5)c5ccccc5-4)c3)=NC(c3ccccc3)N2)cc1. The fraction of sp³-hybridized carbons (Fsp3) is 0.0189. The van der Waals surface area contributed by atoms with Crippen LogP contribution < -0.4 is 10.2 Å². The smallest absolute Gasteiger partial charge is 0.159 e. The van der Waals surface area contributed by atoms with Crippen LogP contribution >= 0.6 is 0 Å². The van der Waals surface area contributed by atoms with Gasteiger partial charge in [-0.2, -0.15) is 0 Å². The van der Waals surface area contributed by atoms with Crippen molar-refractivity contribution in [3.8, 4) is 39.2 Å². The Bertz CT molecular complexity index is 3020. The van der Waals surface area contributed by atoms with Gasteiger partial charge in [-0.15, -0.1) is 0 Å². The number of aliphatic imine (C=N–C) groups is 2. The summed E-state index contributed by atoms with van der Waals surface area (Å²) >= 11 is 0. The van der Waals surface area contributed by atoms with E-state index in [0.717, 1.165) is 61.9 Å². The second-order valence-electron chi connectivity index (χ2n) is 14.6. The molecule has 0 bridgehead atoms. The molecule has 0 spiro atoms. The van der Waals surface area contributed by atoms with Crippen LogP contribution in [0.2, 0.25) is 0 Å². The highest BCUT2D eigenvalue weighted by atomic mass is 15.2. The Balaban J connectivity index is 1.12. The molecule has 58 heavy (non-hydrogen) atoms. The van der Waals surface area contributed by atoms with Crippen LogP contribution in [0, 0.1) is 0 Å². The monoisotopic (exact) mass is 743 g/mol. The summed E-state index contributed by atoms with van der Waals surface area (Å²) in [5.74, 6) is 1.50. The number of benzene rings is 8. The average Bonchev–Trinajstić information content (AvgIpc) is 3.58. The number of hydrogen-bond donors (Lipinski definition) is 1. The zero-order valence-electron chi connectivity index (χ0n) is 31.6. The van der Waals surface area contributed by atoms with E-state index in [4.69, 9.17) is 9.98 Å². The van der Waals surface area contributed by atoms with Gasteiger partial charge in [0.1, 0.15) is 12.0 Å². The summed E-state index contributed by atoms with van der Waals surface area (Å²) in [4.78, 5) is 12.7. The van der Waals surface area contributed by atoms with Gasteiger partial charge >= 0.3 is 0 Å². The number of para-hydroxylation sites is 4. The molecule has 8 aromatic carbocycles. The lowest BCUT2D eigenvalue weighted by molar-refractivity contribution is 0.674. The van der Waals surface area contributed by atoms with Gasteiger partial charge in [0.05, 0.1) is 22.6 Å². The Morgan fingerprint density at radius 1 is 0.448 bits per heavy atom. The lowest BCUT2D eigenvalue weighted by Gasteiger charge is -2.27. The van der Waals surface area contributed by atoms with Crippen molar-refractivity contribution < 1.29 is 0 Å². The summed E-state index contributed by atoms with van der Waals surface area (Å²) in [7, 11) is 0. The fourth-order valence-electron chi connectivity index (χ4n) is 8.54. The van der Waals surface area contributed by atoms with Crippen molar-refractivity contribution in [1.82, 2.24) is 9.88 Å². The van der Waals surface area contributed by atoms with E-state index in [1.807, 2.05) is 24.3 Å². The summed E-state index contributed by atoms with van der Waals surface area (Å²) < 4.78 is 2.45. The highest BCUT2D eigenvalue weighted by Crippen LogP contribution is 2.54. The predicted octanol–water partition coefficient (Wildman–Crippen LogP) is 12.9. The Hall–Kier alpha value is -7.76. The number of fused-ring (bicyclic) bond motifs is 7. The third-order valence-corrected chi connectivity index (χ3v) is 11.2. The quantitative estimate of drug-likeness (QED) is 0.184.